The largest absolute Gasteiger partial charge is 0.378 e. The quantitative estimate of drug-likeness (QED) is 0.715. The van der Waals surface area contributed by atoms with Crippen LogP contribution in [0.3, 0.4) is 0 Å². The van der Waals surface area contributed by atoms with Crippen LogP contribution < -0.4 is 10.0 Å². The lowest BCUT2D eigenvalue weighted by atomic mass is 10.2. The lowest BCUT2D eigenvalue weighted by molar-refractivity contribution is 0.580. The van der Waals surface area contributed by atoms with Crippen LogP contribution in [-0.2, 0) is 23.0 Å². The molecule has 3 rings (SSSR count). The van der Waals surface area contributed by atoms with E-state index in [2.05, 4.69) is 25.2 Å². The molecule has 1 aliphatic rings. The normalized spacial score (nSPS) is 14.9. The van der Waals surface area contributed by atoms with E-state index in [1.165, 1.54) is 0 Å². The van der Waals surface area contributed by atoms with E-state index >= 15 is 0 Å². The highest BCUT2D eigenvalue weighted by atomic mass is 32.2. The van der Waals surface area contributed by atoms with Gasteiger partial charge in [-0.05, 0) is 37.5 Å². The number of hydrogen-bond donors (Lipinski definition) is 3. The number of benzene rings is 1. The Morgan fingerprint density at radius 3 is 2.78 bits per heavy atom. The summed E-state index contributed by atoms with van der Waals surface area (Å²) in [5.74, 6) is 1.49. The lowest BCUT2D eigenvalue weighted by Gasteiger charge is -2.13. The fourth-order valence-corrected chi connectivity index (χ4v) is 3.90. The molecule has 1 heterocycles. The smallest absolute Gasteiger partial charge is 0.241 e. The molecule has 1 saturated carbocycles. The summed E-state index contributed by atoms with van der Waals surface area (Å²) in [5, 5.41) is 10.2. The third kappa shape index (κ3) is 3.70. The standard InChI is InChI=1S/C15H21N5O2S/c1-3-14-17-15(19-18-14)9-16-12-5-4-6-13(10(12)2)23(21,22)20-11-7-8-11/h4-6,11,16,20H,3,7-9H2,1-2H3,(H,17,18,19). The Kier molecular flexibility index (Phi) is 4.36. The van der Waals surface area contributed by atoms with E-state index in [9.17, 15) is 8.42 Å². The monoisotopic (exact) mass is 335 g/mol. The number of anilines is 1. The van der Waals surface area contributed by atoms with Crippen molar-refractivity contribution in [2.45, 2.75) is 50.6 Å². The van der Waals surface area contributed by atoms with Crippen molar-refractivity contribution in [3.63, 3.8) is 0 Å². The molecule has 0 spiro atoms. The molecule has 1 fully saturated rings. The first kappa shape index (κ1) is 15.9. The van der Waals surface area contributed by atoms with E-state index < -0.39 is 10.0 Å². The van der Waals surface area contributed by atoms with Gasteiger partial charge in [0.1, 0.15) is 5.82 Å². The van der Waals surface area contributed by atoms with Crippen molar-refractivity contribution in [2.75, 3.05) is 5.32 Å². The van der Waals surface area contributed by atoms with Gasteiger partial charge in [-0.1, -0.05) is 13.0 Å². The van der Waals surface area contributed by atoms with Crippen molar-refractivity contribution in [3.05, 3.63) is 35.4 Å². The van der Waals surface area contributed by atoms with Gasteiger partial charge in [0.25, 0.3) is 0 Å². The Balaban J connectivity index is 1.76. The van der Waals surface area contributed by atoms with Crippen LogP contribution in [0.15, 0.2) is 23.1 Å². The molecular formula is C15H21N5O2S. The van der Waals surface area contributed by atoms with E-state index in [0.29, 0.717) is 17.0 Å². The zero-order valence-corrected chi connectivity index (χ0v) is 14.1. The number of aromatic nitrogens is 3. The number of sulfonamides is 1. The average Bonchev–Trinajstić information content (AvgIpc) is 3.19. The highest BCUT2D eigenvalue weighted by molar-refractivity contribution is 7.89. The van der Waals surface area contributed by atoms with Crippen molar-refractivity contribution in [1.29, 1.82) is 0 Å². The SMILES string of the molecule is CCc1n[nH]c(CNc2cccc(S(=O)(=O)NC3CC3)c2C)n1. The summed E-state index contributed by atoms with van der Waals surface area (Å²) in [4.78, 5) is 4.65. The van der Waals surface area contributed by atoms with Gasteiger partial charge < -0.3 is 5.32 Å². The van der Waals surface area contributed by atoms with Crippen molar-refractivity contribution in [3.8, 4) is 0 Å². The molecule has 0 amide bonds. The molecule has 23 heavy (non-hydrogen) atoms. The summed E-state index contributed by atoms with van der Waals surface area (Å²) < 4.78 is 27.5. The van der Waals surface area contributed by atoms with Gasteiger partial charge in [0.05, 0.1) is 11.4 Å². The topological polar surface area (TPSA) is 99.8 Å². The maximum atomic E-state index is 12.4. The van der Waals surface area contributed by atoms with Crippen LogP contribution in [0.4, 0.5) is 5.69 Å². The van der Waals surface area contributed by atoms with E-state index in [4.69, 9.17) is 0 Å². The molecular weight excluding hydrogens is 314 g/mol. The summed E-state index contributed by atoms with van der Waals surface area (Å²) in [6, 6.07) is 5.34. The fourth-order valence-electron chi connectivity index (χ4n) is 2.33. The molecule has 0 unspecified atom stereocenters. The van der Waals surface area contributed by atoms with Crippen molar-refractivity contribution in [2.24, 2.45) is 0 Å². The Morgan fingerprint density at radius 2 is 2.13 bits per heavy atom. The second kappa shape index (κ2) is 6.29. The molecule has 0 atom stereocenters. The minimum absolute atomic E-state index is 0.0951. The zero-order valence-electron chi connectivity index (χ0n) is 13.3. The van der Waals surface area contributed by atoms with E-state index in [1.54, 1.807) is 12.1 Å². The van der Waals surface area contributed by atoms with E-state index in [1.807, 2.05) is 19.9 Å². The van der Waals surface area contributed by atoms with Gasteiger partial charge in [0.2, 0.25) is 10.0 Å². The van der Waals surface area contributed by atoms with Gasteiger partial charge in [0, 0.05) is 18.2 Å². The fraction of sp³-hybridized carbons (Fsp3) is 0.467. The van der Waals surface area contributed by atoms with Crippen molar-refractivity contribution < 1.29 is 8.42 Å². The van der Waals surface area contributed by atoms with Gasteiger partial charge in [-0.3, -0.25) is 5.10 Å². The number of aromatic amines is 1. The molecule has 3 N–H and O–H groups in total. The highest BCUT2D eigenvalue weighted by Gasteiger charge is 2.29. The maximum absolute atomic E-state index is 12.4. The highest BCUT2D eigenvalue weighted by Crippen LogP contribution is 2.26. The van der Waals surface area contributed by atoms with Gasteiger partial charge in [-0.15, -0.1) is 0 Å². The number of rotatable bonds is 7. The summed E-state index contributed by atoms with van der Waals surface area (Å²) in [7, 11) is -3.46. The predicted molar refractivity (Wildman–Crippen MR) is 87.6 cm³/mol. The third-order valence-electron chi connectivity index (χ3n) is 3.81. The first-order valence-electron chi connectivity index (χ1n) is 7.75. The van der Waals surface area contributed by atoms with Crippen LogP contribution in [-0.4, -0.2) is 29.6 Å². The van der Waals surface area contributed by atoms with Crippen LogP contribution in [0.2, 0.25) is 0 Å². The summed E-state index contributed by atoms with van der Waals surface area (Å²) >= 11 is 0. The van der Waals surface area contributed by atoms with Crippen molar-refractivity contribution >= 4 is 15.7 Å². The summed E-state index contributed by atoms with van der Waals surface area (Å²) in [5.41, 5.74) is 1.48. The van der Waals surface area contributed by atoms with Crippen LogP contribution >= 0.6 is 0 Å². The molecule has 0 saturated heterocycles. The minimum Gasteiger partial charge on any atom is -0.378 e. The second-order valence-electron chi connectivity index (χ2n) is 5.73. The molecule has 0 bridgehead atoms. The number of nitrogens with one attached hydrogen (secondary N) is 3. The molecule has 0 radical (unpaired) electrons. The van der Waals surface area contributed by atoms with Gasteiger partial charge in [0.15, 0.2) is 5.82 Å². The lowest BCUT2D eigenvalue weighted by Crippen LogP contribution is -2.26. The van der Waals surface area contributed by atoms with Crippen molar-refractivity contribution in [1.82, 2.24) is 19.9 Å². The van der Waals surface area contributed by atoms with Gasteiger partial charge >= 0.3 is 0 Å². The van der Waals surface area contributed by atoms with Crippen LogP contribution in [0.5, 0.6) is 0 Å². The van der Waals surface area contributed by atoms with Gasteiger partial charge in [-0.2, -0.15) is 5.10 Å². The minimum atomic E-state index is -3.46. The Hall–Kier alpha value is -1.93. The molecule has 8 heteroatoms. The molecule has 7 nitrogen and oxygen atoms in total. The summed E-state index contributed by atoms with van der Waals surface area (Å²) in [6.45, 7) is 4.26. The number of hydrogen-bond acceptors (Lipinski definition) is 5. The molecule has 1 aliphatic carbocycles. The van der Waals surface area contributed by atoms with E-state index in [-0.39, 0.29) is 6.04 Å². The number of aryl methyl sites for hydroxylation is 1. The summed E-state index contributed by atoms with van der Waals surface area (Å²) in [6.07, 6.45) is 2.61. The Labute approximate surface area is 136 Å². The maximum Gasteiger partial charge on any atom is 0.241 e. The first-order valence-corrected chi connectivity index (χ1v) is 9.24. The van der Waals surface area contributed by atoms with Crippen LogP contribution in [0, 0.1) is 6.92 Å². The number of nitrogens with zero attached hydrogens (tertiary/aromatic N) is 2. The molecule has 124 valence electrons. The van der Waals surface area contributed by atoms with Crippen LogP contribution in [0.25, 0.3) is 0 Å². The zero-order chi connectivity index (χ0) is 16.4. The first-order chi connectivity index (χ1) is 11.0. The van der Waals surface area contributed by atoms with Crippen LogP contribution in [0.1, 0.15) is 37.0 Å². The third-order valence-corrected chi connectivity index (χ3v) is 5.48. The van der Waals surface area contributed by atoms with Gasteiger partial charge in [-0.25, -0.2) is 18.1 Å². The predicted octanol–water partition coefficient (Wildman–Crippen LogP) is 1.73. The molecule has 1 aromatic heterocycles. The number of H-pyrrole nitrogens is 1. The Bertz CT molecular complexity index is 796. The second-order valence-corrected chi connectivity index (χ2v) is 7.41. The molecule has 1 aromatic carbocycles. The average molecular weight is 335 g/mol. The van der Waals surface area contributed by atoms with E-state index in [0.717, 1.165) is 36.6 Å². The molecule has 2 aromatic rings. The Morgan fingerprint density at radius 1 is 1.35 bits per heavy atom. The molecule has 0 aliphatic heterocycles.